The van der Waals surface area contributed by atoms with E-state index in [1.165, 1.54) is 0 Å². The van der Waals surface area contributed by atoms with E-state index in [9.17, 15) is 0 Å². The van der Waals surface area contributed by atoms with Gasteiger partial charge in [-0.1, -0.05) is 20.8 Å². The molecule has 0 saturated heterocycles. The first-order chi connectivity index (χ1) is 4.12. The van der Waals surface area contributed by atoms with E-state index in [0.29, 0.717) is 0 Å². The van der Waals surface area contributed by atoms with Crippen molar-refractivity contribution in [3.63, 3.8) is 0 Å². The summed E-state index contributed by atoms with van der Waals surface area (Å²) in [5, 5.41) is 0. The average molecular weight is 122 g/mol. The summed E-state index contributed by atoms with van der Waals surface area (Å²) in [5.74, 6) is 2.65. The van der Waals surface area contributed by atoms with Gasteiger partial charge in [-0.25, -0.2) is 0 Å². The largest absolute Gasteiger partial charge is 0.120 e. The van der Waals surface area contributed by atoms with Crippen molar-refractivity contribution in [1.82, 2.24) is 0 Å². The molecule has 0 aliphatic carbocycles. The molecule has 0 unspecified atom stereocenters. The maximum Gasteiger partial charge on any atom is 0.0138 e. The standard InChI is InChI=1S/C9H14/c1-5-7-9(3,4)8-6-2/h1H,7-8H2,2-4H3. The van der Waals surface area contributed by atoms with Crippen LogP contribution in [-0.2, 0) is 0 Å². The summed E-state index contributed by atoms with van der Waals surface area (Å²) in [4.78, 5) is 0. The van der Waals surface area contributed by atoms with Gasteiger partial charge in [-0.2, -0.15) is 0 Å². The number of rotatable bonds is 3. The Hall–Kier alpha value is -0.440. The average Bonchev–Trinajstić information content (AvgIpc) is 1.64. The topological polar surface area (TPSA) is 0 Å². The summed E-state index contributed by atoms with van der Waals surface area (Å²) in [6.07, 6.45) is 10.1. The van der Waals surface area contributed by atoms with E-state index in [-0.39, 0.29) is 5.41 Å². The maximum absolute atomic E-state index is 5.17. The molecule has 0 bridgehead atoms. The lowest BCUT2D eigenvalue weighted by Gasteiger charge is -2.19. The molecule has 0 fully saturated rings. The Kier molecular flexibility index (Phi) is 3.39. The van der Waals surface area contributed by atoms with Crippen molar-refractivity contribution in [2.45, 2.75) is 33.6 Å². The number of hydrogen-bond donors (Lipinski definition) is 0. The van der Waals surface area contributed by atoms with Crippen LogP contribution in [0.15, 0.2) is 0 Å². The van der Waals surface area contributed by atoms with E-state index >= 15 is 0 Å². The Balaban J connectivity index is 3.59. The van der Waals surface area contributed by atoms with Crippen LogP contribution in [0, 0.1) is 24.2 Å². The van der Waals surface area contributed by atoms with Crippen LogP contribution in [0.5, 0.6) is 0 Å². The molecule has 0 N–H and O–H groups in total. The minimum absolute atomic E-state index is 0.253. The van der Waals surface area contributed by atoms with Crippen molar-refractivity contribution >= 4 is 0 Å². The van der Waals surface area contributed by atoms with E-state index in [1.807, 2.05) is 6.92 Å². The van der Waals surface area contributed by atoms with Gasteiger partial charge in [-0.3, -0.25) is 0 Å². The third kappa shape index (κ3) is 4.09. The zero-order valence-electron chi connectivity index (χ0n) is 6.49. The molecule has 0 nitrogen and oxygen atoms in total. The molecule has 0 atom stereocenters. The van der Waals surface area contributed by atoms with E-state index < -0.39 is 0 Å². The molecule has 0 saturated carbocycles. The minimum atomic E-state index is 0.253. The first kappa shape index (κ1) is 8.56. The van der Waals surface area contributed by atoms with Crippen LogP contribution in [0.4, 0.5) is 0 Å². The molecule has 0 aliphatic rings. The summed E-state index contributed by atoms with van der Waals surface area (Å²) in [5.41, 5.74) is 0.253. The third-order valence-corrected chi connectivity index (χ3v) is 1.24. The van der Waals surface area contributed by atoms with Gasteiger partial charge in [0.25, 0.3) is 0 Å². The minimum Gasteiger partial charge on any atom is -0.120 e. The smallest absolute Gasteiger partial charge is 0.0138 e. The molecule has 0 aromatic rings. The molecule has 0 aromatic carbocycles. The van der Waals surface area contributed by atoms with Crippen LogP contribution < -0.4 is 0 Å². The fraction of sp³-hybridized carbons (Fsp3) is 0.667. The molecule has 9 heavy (non-hydrogen) atoms. The van der Waals surface area contributed by atoms with Gasteiger partial charge < -0.3 is 0 Å². The Morgan fingerprint density at radius 3 is 2.22 bits per heavy atom. The Bertz CT molecular complexity index is 104. The quantitative estimate of drug-likeness (QED) is 0.504. The zero-order valence-corrected chi connectivity index (χ0v) is 6.49. The molecule has 50 valence electrons. The van der Waals surface area contributed by atoms with Crippen LogP contribution in [0.3, 0.4) is 0 Å². The van der Waals surface area contributed by atoms with E-state index in [2.05, 4.69) is 26.2 Å². The highest BCUT2D eigenvalue weighted by Crippen LogP contribution is 2.24. The molecule has 0 spiro atoms. The van der Waals surface area contributed by atoms with Crippen LogP contribution in [0.1, 0.15) is 33.6 Å². The monoisotopic (exact) mass is 122 g/mol. The summed E-state index contributed by atoms with van der Waals surface area (Å²) in [7, 11) is 0. The van der Waals surface area contributed by atoms with Crippen molar-refractivity contribution < 1.29 is 0 Å². The number of terminal acetylenes is 1. The molecule has 0 aromatic heterocycles. The maximum atomic E-state index is 5.17. The van der Waals surface area contributed by atoms with E-state index in [0.717, 1.165) is 12.8 Å². The van der Waals surface area contributed by atoms with Crippen molar-refractivity contribution in [3.05, 3.63) is 6.42 Å². The predicted octanol–water partition coefficient (Wildman–Crippen LogP) is 2.53. The lowest BCUT2D eigenvalue weighted by Crippen LogP contribution is -2.09. The molecule has 0 aliphatic heterocycles. The zero-order chi connectivity index (χ0) is 7.33. The predicted molar refractivity (Wildman–Crippen MR) is 40.8 cm³/mol. The Labute approximate surface area is 58.7 Å². The second kappa shape index (κ2) is 3.56. The highest BCUT2D eigenvalue weighted by molar-refractivity contribution is 4.92. The first-order valence-corrected chi connectivity index (χ1v) is 3.20. The van der Waals surface area contributed by atoms with Crippen molar-refractivity contribution in [3.8, 4) is 12.3 Å². The van der Waals surface area contributed by atoms with Crippen LogP contribution in [-0.4, -0.2) is 0 Å². The fourth-order valence-corrected chi connectivity index (χ4v) is 0.817. The second-order valence-electron chi connectivity index (χ2n) is 3.08. The van der Waals surface area contributed by atoms with Gasteiger partial charge in [-0.15, -0.1) is 12.3 Å². The second-order valence-corrected chi connectivity index (χ2v) is 3.08. The van der Waals surface area contributed by atoms with Gasteiger partial charge in [-0.05, 0) is 18.3 Å². The van der Waals surface area contributed by atoms with E-state index in [1.54, 1.807) is 0 Å². The van der Waals surface area contributed by atoms with Gasteiger partial charge in [0.1, 0.15) is 0 Å². The molecule has 0 heterocycles. The van der Waals surface area contributed by atoms with Gasteiger partial charge >= 0.3 is 0 Å². The molecule has 0 rings (SSSR count). The van der Waals surface area contributed by atoms with Crippen molar-refractivity contribution in [1.29, 1.82) is 0 Å². The fourth-order valence-electron chi connectivity index (χ4n) is 0.817. The molecule has 2 radical (unpaired) electrons. The van der Waals surface area contributed by atoms with Crippen molar-refractivity contribution in [2.24, 2.45) is 5.41 Å². The summed E-state index contributed by atoms with van der Waals surface area (Å²) in [6.45, 7) is 6.25. The molecular weight excluding hydrogens is 108 g/mol. The molecule has 0 amide bonds. The summed E-state index contributed by atoms with van der Waals surface area (Å²) >= 11 is 0. The first-order valence-electron chi connectivity index (χ1n) is 3.20. The number of hydrogen-bond acceptors (Lipinski definition) is 0. The Morgan fingerprint density at radius 1 is 1.33 bits per heavy atom. The lowest BCUT2D eigenvalue weighted by atomic mass is 9.85. The van der Waals surface area contributed by atoms with Crippen LogP contribution in [0.25, 0.3) is 0 Å². The molecule has 0 heteroatoms. The highest BCUT2D eigenvalue weighted by Gasteiger charge is 2.13. The summed E-state index contributed by atoms with van der Waals surface area (Å²) < 4.78 is 0. The summed E-state index contributed by atoms with van der Waals surface area (Å²) in [6, 6.07) is 0. The van der Waals surface area contributed by atoms with Gasteiger partial charge in [0.15, 0.2) is 0 Å². The third-order valence-electron chi connectivity index (χ3n) is 1.24. The van der Waals surface area contributed by atoms with Crippen LogP contribution >= 0.6 is 0 Å². The SMILES string of the molecule is C#CCC(C)(C)C[C]C. The normalized spacial score (nSPS) is 10.9. The van der Waals surface area contributed by atoms with Gasteiger partial charge in [0, 0.05) is 6.42 Å². The van der Waals surface area contributed by atoms with Crippen molar-refractivity contribution in [2.75, 3.05) is 0 Å². The van der Waals surface area contributed by atoms with Gasteiger partial charge in [0.05, 0.1) is 0 Å². The van der Waals surface area contributed by atoms with Gasteiger partial charge in [0.2, 0.25) is 0 Å². The Morgan fingerprint density at radius 2 is 1.89 bits per heavy atom. The van der Waals surface area contributed by atoms with E-state index in [4.69, 9.17) is 6.42 Å². The lowest BCUT2D eigenvalue weighted by molar-refractivity contribution is 0.371. The highest BCUT2D eigenvalue weighted by atomic mass is 14.2. The molecular formula is C9H14. The van der Waals surface area contributed by atoms with Crippen LogP contribution in [0.2, 0.25) is 0 Å².